The van der Waals surface area contributed by atoms with Gasteiger partial charge in [0.15, 0.2) is 17.7 Å². The van der Waals surface area contributed by atoms with Gasteiger partial charge in [0, 0.05) is 41.5 Å². The summed E-state index contributed by atoms with van der Waals surface area (Å²) in [4.78, 5) is 75.7. The summed E-state index contributed by atoms with van der Waals surface area (Å²) in [5.74, 6) is -1.18. The van der Waals surface area contributed by atoms with Crippen molar-refractivity contribution in [3.05, 3.63) is 103 Å². The Kier molecular flexibility index (Phi) is 22.9. The predicted molar refractivity (Wildman–Crippen MR) is 230 cm³/mol. The topological polar surface area (TPSA) is 245 Å². The van der Waals surface area contributed by atoms with Crippen LogP contribution in [0.5, 0.6) is 23.0 Å². The van der Waals surface area contributed by atoms with Gasteiger partial charge in [-0.1, -0.05) is 26.8 Å². The largest absolute Gasteiger partial charge is 0.508 e. The Morgan fingerprint density at radius 1 is 0.656 bits per heavy atom. The van der Waals surface area contributed by atoms with E-state index < -0.39 is 17.6 Å². The number of ether oxygens (including phenoxy) is 2. The fourth-order valence-electron chi connectivity index (χ4n) is 5.09. The maximum atomic E-state index is 11.4. The highest BCUT2D eigenvalue weighted by molar-refractivity contribution is 6.28. The molecule has 3 aromatic carbocycles. The lowest BCUT2D eigenvalue weighted by molar-refractivity contribution is -0.146. The summed E-state index contributed by atoms with van der Waals surface area (Å²) in [5, 5.41) is 38.6. The summed E-state index contributed by atoms with van der Waals surface area (Å²) in [5.41, 5.74) is 3.65. The zero-order valence-corrected chi connectivity index (χ0v) is 36.3. The molecule has 15 nitrogen and oxygen atoms in total. The van der Waals surface area contributed by atoms with E-state index in [9.17, 15) is 43.8 Å². The van der Waals surface area contributed by atoms with Crippen LogP contribution in [0, 0.1) is 20.8 Å². The molecule has 0 aliphatic heterocycles. The molecule has 4 N–H and O–H groups in total. The number of phenolic OH excluding ortho intramolecular Hbond substituents is 4. The van der Waals surface area contributed by atoms with Gasteiger partial charge in [-0.2, -0.15) is 0 Å². The second-order valence-corrected chi connectivity index (χ2v) is 13.2. The second kappa shape index (κ2) is 26.6. The summed E-state index contributed by atoms with van der Waals surface area (Å²) < 4.78 is 19.1. The molecule has 0 amide bonds. The summed E-state index contributed by atoms with van der Waals surface area (Å²) in [6.45, 7) is 15.0. The molecule has 2 aromatic heterocycles. The molecule has 0 saturated heterocycles. The van der Waals surface area contributed by atoms with Crippen LogP contribution in [0.4, 0.5) is 0 Å². The Morgan fingerprint density at radius 2 is 1.16 bits per heavy atom. The van der Waals surface area contributed by atoms with Crippen molar-refractivity contribution in [1.29, 1.82) is 0 Å². The minimum Gasteiger partial charge on any atom is -0.508 e. The highest BCUT2D eigenvalue weighted by atomic mass is 35.5. The molecule has 5 rings (SSSR count). The van der Waals surface area contributed by atoms with E-state index in [1.807, 2.05) is 26.8 Å². The number of rotatable bonds is 11. The van der Waals surface area contributed by atoms with Gasteiger partial charge in [-0.3, -0.25) is 24.0 Å². The highest BCUT2D eigenvalue weighted by Gasteiger charge is 2.15. The number of aryl methyl sites for hydroxylation is 5. The molecule has 0 atom stereocenters. The van der Waals surface area contributed by atoms with Crippen LogP contribution < -0.4 is 11.3 Å². The molecule has 2 heterocycles. The average molecular weight is 869 g/mol. The summed E-state index contributed by atoms with van der Waals surface area (Å²) in [6, 6.07) is 12.5. The molecule has 0 aliphatic carbocycles. The number of aromatic hydroxyl groups is 4. The number of hydrogen-bond acceptors (Lipinski definition) is 15. The first-order valence-corrected chi connectivity index (χ1v) is 19.7. The van der Waals surface area contributed by atoms with Crippen molar-refractivity contribution >= 4 is 63.3 Å². The van der Waals surface area contributed by atoms with E-state index in [0.29, 0.717) is 48.9 Å². The van der Waals surface area contributed by atoms with Crippen molar-refractivity contribution in [3.8, 4) is 23.0 Å². The lowest BCUT2D eigenvalue weighted by Gasteiger charge is -2.08. The third-order valence-corrected chi connectivity index (χ3v) is 8.67. The normalized spacial score (nSPS) is 9.98. The maximum Gasteiger partial charge on any atom is 0.336 e. The molecule has 0 aliphatic rings. The zero-order chi connectivity index (χ0) is 46.4. The van der Waals surface area contributed by atoms with E-state index in [4.69, 9.17) is 30.6 Å². The Hall–Kier alpha value is -6.48. The fraction of sp³-hybridized carbons (Fsp3) is 0.356. The molecule has 0 bridgehead atoms. The van der Waals surface area contributed by atoms with Crippen LogP contribution in [-0.2, 0) is 41.5 Å². The van der Waals surface area contributed by atoms with E-state index in [2.05, 4.69) is 9.47 Å². The number of alkyl halides is 1. The van der Waals surface area contributed by atoms with Crippen molar-refractivity contribution in [3.63, 3.8) is 0 Å². The monoisotopic (exact) mass is 868 g/mol. The first-order valence-electron chi connectivity index (χ1n) is 19.2. The van der Waals surface area contributed by atoms with Gasteiger partial charge in [0.05, 0.1) is 24.7 Å². The van der Waals surface area contributed by atoms with Crippen molar-refractivity contribution in [2.75, 3.05) is 19.1 Å². The Balaban J connectivity index is 0.000000391. The van der Waals surface area contributed by atoms with Crippen molar-refractivity contribution in [2.45, 2.75) is 87.5 Å². The molecular weight excluding hydrogens is 816 g/mol. The molecule has 0 spiro atoms. The van der Waals surface area contributed by atoms with Crippen LogP contribution in [0.25, 0.3) is 21.9 Å². The first kappa shape index (κ1) is 52.5. The summed E-state index contributed by atoms with van der Waals surface area (Å²) in [7, 11) is 0. The average Bonchev–Trinajstić information content (AvgIpc) is 3.21. The number of benzene rings is 3. The van der Waals surface area contributed by atoms with Crippen LogP contribution in [0.2, 0.25) is 0 Å². The standard InChI is InChI=1S/C13H12O4.C12H12O3.C7H12O3.C7H8O2.C6H9ClO3/c1-3-8-5-11(15)17-13-9(8)4-7(2)12(16)10(13)6-14;1-3-8-5-12(14)15-11-6-10(13)7(2)4-9(8)11;1-3-6(8)5-7(9)10-4-2;1-5-2-3-6(8)4-7(5)9;1-2-10-6(9)3-5(8)4-7/h4-6,16H,3H2,1-2H3;4-6,13H,3H2,1-2H3;3-5H2,1-2H3;2-4,8-9H,1H3;2-4H2,1H3. The van der Waals surface area contributed by atoms with Crippen LogP contribution in [-0.4, -0.2) is 69.3 Å². The van der Waals surface area contributed by atoms with Crippen molar-refractivity contribution < 1.29 is 62.7 Å². The van der Waals surface area contributed by atoms with Gasteiger partial charge in [-0.25, -0.2) is 9.59 Å². The number of Topliss-reactive ketones (excluding diaryl/α,β-unsaturated/α-hetero) is 2. The maximum absolute atomic E-state index is 11.4. The molecule has 0 unspecified atom stereocenters. The molecule has 0 saturated carbocycles. The summed E-state index contributed by atoms with van der Waals surface area (Å²) in [6.07, 6.45) is 2.05. The van der Waals surface area contributed by atoms with Gasteiger partial charge in [0.1, 0.15) is 47.2 Å². The van der Waals surface area contributed by atoms with E-state index in [1.54, 1.807) is 46.8 Å². The van der Waals surface area contributed by atoms with E-state index in [-0.39, 0.29) is 70.1 Å². The number of carbonyl (C=O) groups is 5. The van der Waals surface area contributed by atoms with Gasteiger partial charge in [0.25, 0.3) is 0 Å². The van der Waals surface area contributed by atoms with Gasteiger partial charge >= 0.3 is 23.2 Å². The second-order valence-electron chi connectivity index (χ2n) is 13.0. The molecule has 5 aromatic rings. The van der Waals surface area contributed by atoms with Crippen LogP contribution >= 0.6 is 11.6 Å². The lowest BCUT2D eigenvalue weighted by Crippen LogP contribution is -2.11. The first-order chi connectivity index (χ1) is 28.8. The quantitative estimate of drug-likeness (QED) is 0.0328. The van der Waals surface area contributed by atoms with Gasteiger partial charge < -0.3 is 38.7 Å². The molecule has 16 heteroatoms. The molecule has 0 fully saturated rings. The third kappa shape index (κ3) is 17.3. The third-order valence-electron chi connectivity index (χ3n) is 8.38. The van der Waals surface area contributed by atoms with E-state index >= 15 is 0 Å². The highest BCUT2D eigenvalue weighted by Crippen LogP contribution is 2.31. The molecular formula is C45H53ClO15. The molecule has 330 valence electrons. The smallest absolute Gasteiger partial charge is 0.336 e. The van der Waals surface area contributed by atoms with E-state index in [0.717, 1.165) is 34.1 Å². The van der Waals surface area contributed by atoms with Crippen molar-refractivity contribution in [2.24, 2.45) is 0 Å². The van der Waals surface area contributed by atoms with E-state index in [1.165, 1.54) is 30.3 Å². The SMILES string of the molecule is CCOC(=O)CC(=O)CC.CCOC(=O)CC(=O)CCl.CCc1cc(=O)oc2c(C=O)c(O)c(C)cc12.CCc1cc(=O)oc2cc(O)c(C)cc12.Cc1ccc(O)cc1O. The number of aldehydes is 1. The fourth-order valence-corrected chi connectivity index (χ4v) is 5.19. The summed E-state index contributed by atoms with van der Waals surface area (Å²) >= 11 is 5.14. The van der Waals surface area contributed by atoms with Crippen LogP contribution in [0.3, 0.4) is 0 Å². The number of phenols is 4. The zero-order valence-electron chi connectivity index (χ0n) is 35.5. The molecule has 61 heavy (non-hydrogen) atoms. The van der Waals surface area contributed by atoms with Gasteiger partial charge in [0.2, 0.25) is 0 Å². The number of ketones is 2. The number of halogens is 1. The number of esters is 2. The number of carbonyl (C=O) groups excluding carboxylic acids is 5. The Labute approximate surface area is 357 Å². The van der Waals surface area contributed by atoms with Crippen molar-refractivity contribution in [1.82, 2.24) is 0 Å². The number of hydrogen-bond donors (Lipinski definition) is 4. The van der Waals surface area contributed by atoms with Crippen LogP contribution in [0.15, 0.2) is 67.0 Å². The Morgan fingerprint density at radius 3 is 1.64 bits per heavy atom. The van der Waals surface area contributed by atoms with Crippen LogP contribution in [0.1, 0.15) is 92.1 Å². The number of fused-ring (bicyclic) bond motifs is 2. The minimum absolute atomic E-state index is 0.0346. The predicted octanol–water partition coefficient (Wildman–Crippen LogP) is 7.62. The van der Waals surface area contributed by atoms with Gasteiger partial charge in [-0.15, -0.1) is 11.6 Å². The Bertz CT molecular complexity index is 2380. The lowest BCUT2D eigenvalue weighted by atomic mass is 10.0. The minimum atomic E-state index is -0.513. The van der Waals surface area contributed by atoms with Gasteiger partial charge in [-0.05, 0) is 93.5 Å². The molecule has 0 radical (unpaired) electrons.